The third-order valence-corrected chi connectivity index (χ3v) is 5.14. The van der Waals surface area contributed by atoms with Gasteiger partial charge in [0, 0.05) is 44.7 Å². The molecular formula is C21H21ClN4O3. The molecule has 1 aliphatic rings. The summed E-state index contributed by atoms with van der Waals surface area (Å²) in [6.07, 6.45) is 0. The maximum Gasteiger partial charge on any atom is 0.221 e. The number of anilines is 2. The van der Waals surface area contributed by atoms with Crippen molar-refractivity contribution in [3.05, 3.63) is 47.5 Å². The van der Waals surface area contributed by atoms with Crippen LogP contribution in [0.3, 0.4) is 0 Å². The largest absolute Gasteiger partial charge is 0.507 e. The van der Waals surface area contributed by atoms with Gasteiger partial charge >= 0.3 is 0 Å². The number of nitrogens with zero attached hydrogens (tertiary/aromatic N) is 2. The van der Waals surface area contributed by atoms with Crippen LogP contribution in [-0.2, 0) is 4.79 Å². The predicted octanol–water partition coefficient (Wildman–Crippen LogP) is 3.74. The smallest absolute Gasteiger partial charge is 0.221 e. The van der Waals surface area contributed by atoms with Crippen molar-refractivity contribution in [1.82, 2.24) is 10.5 Å². The Morgan fingerprint density at radius 3 is 2.69 bits per heavy atom. The van der Waals surface area contributed by atoms with Gasteiger partial charge in [0.25, 0.3) is 0 Å². The number of rotatable bonds is 4. The highest BCUT2D eigenvalue weighted by Crippen LogP contribution is 2.40. The van der Waals surface area contributed by atoms with Gasteiger partial charge in [0.1, 0.15) is 5.75 Å². The second kappa shape index (κ2) is 8.14. The average Bonchev–Trinajstić information content (AvgIpc) is 3.20. The van der Waals surface area contributed by atoms with Crippen LogP contribution in [0, 0.1) is 0 Å². The summed E-state index contributed by atoms with van der Waals surface area (Å²) >= 11 is 6.29. The first-order valence-corrected chi connectivity index (χ1v) is 9.73. The number of benzene rings is 2. The van der Waals surface area contributed by atoms with E-state index in [2.05, 4.69) is 20.7 Å². The summed E-state index contributed by atoms with van der Waals surface area (Å²) in [5.41, 5.74) is 2.41. The van der Waals surface area contributed by atoms with Crippen LogP contribution < -0.4 is 15.5 Å². The molecule has 1 aliphatic heterocycles. The number of aromatic nitrogens is 1. The molecule has 0 bridgehead atoms. The maximum atomic E-state index is 11.3. The number of phenolic OH excluding ortho intramolecular Hbond substituents is 1. The van der Waals surface area contributed by atoms with Crippen LogP contribution in [0.5, 0.6) is 5.75 Å². The zero-order valence-corrected chi connectivity index (χ0v) is 16.7. The van der Waals surface area contributed by atoms with Crippen LogP contribution in [-0.4, -0.2) is 42.3 Å². The first kappa shape index (κ1) is 19.3. The van der Waals surface area contributed by atoms with Crippen molar-refractivity contribution in [1.29, 1.82) is 0 Å². The number of para-hydroxylation sites is 1. The Kier molecular flexibility index (Phi) is 5.42. The van der Waals surface area contributed by atoms with Crippen LogP contribution in [0.2, 0.25) is 5.02 Å². The lowest BCUT2D eigenvalue weighted by atomic mass is 10.00. The molecule has 8 heteroatoms. The highest BCUT2D eigenvalue weighted by Gasteiger charge is 2.19. The Labute approximate surface area is 173 Å². The number of carbonyl (C=O) groups is 1. The fourth-order valence-corrected chi connectivity index (χ4v) is 3.61. The number of hydrogen-bond acceptors (Lipinski definition) is 6. The molecule has 0 aliphatic carbocycles. The fourth-order valence-electron chi connectivity index (χ4n) is 3.38. The number of aromatic hydroxyl groups is 1. The molecule has 150 valence electrons. The van der Waals surface area contributed by atoms with Gasteiger partial charge in [-0.05, 0) is 23.8 Å². The van der Waals surface area contributed by atoms with Crippen molar-refractivity contribution >= 4 is 29.0 Å². The molecular weight excluding hydrogens is 392 g/mol. The van der Waals surface area contributed by atoms with E-state index in [-0.39, 0.29) is 11.7 Å². The second-order valence-corrected chi connectivity index (χ2v) is 7.27. The zero-order chi connectivity index (χ0) is 20.4. The second-order valence-electron chi connectivity index (χ2n) is 6.86. The fraction of sp³-hybridized carbons (Fsp3) is 0.238. The van der Waals surface area contributed by atoms with Gasteiger partial charge in [-0.3, -0.25) is 4.79 Å². The number of piperazine rings is 1. The van der Waals surface area contributed by atoms with Crippen molar-refractivity contribution in [3.8, 4) is 28.2 Å². The first-order valence-electron chi connectivity index (χ1n) is 9.35. The first-order chi connectivity index (χ1) is 14.0. The number of nitrogens with one attached hydrogen (secondary N) is 2. The van der Waals surface area contributed by atoms with E-state index in [1.807, 2.05) is 12.1 Å². The number of hydrogen-bond donors (Lipinski definition) is 3. The zero-order valence-electron chi connectivity index (χ0n) is 15.9. The van der Waals surface area contributed by atoms with Gasteiger partial charge in [-0.25, -0.2) is 0 Å². The minimum Gasteiger partial charge on any atom is -0.507 e. The molecule has 29 heavy (non-hydrogen) atoms. The molecule has 0 spiro atoms. The summed E-state index contributed by atoms with van der Waals surface area (Å²) in [5, 5.41) is 21.4. The molecule has 2 aromatic carbocycles. The molecule has 0 radical (unpaired) electrons. The molecule has 0 saturated carbocycles. The van der Waals surface area contributed by atoms with E-state index in [1.165, 1.54) is 6.92 Å². The predicted molar refractivity (Wildman–Crippen MR) is 113 cm³/mol. The van der Waals surface area contributed by atoms with E-state index in [9.17, 15) is 9.90 Å². The minimum atomic E-state index is -0.199. The van der Waals surface area contributed by atoms with Crippen LogP contribution in [0.25, 0.3) is 22.5 Å². The number of amides is 1. The molecule has 1 fully saturated rings. The summed E-state index contributed by atoms with van der Waals surface area (Å²) in [4.78, 5) is 13.4. The molecule has 1 amide bonds. The van der Waals surface area contributed by atoms with Crippen molar-refractivity contribution in [3.63, 3.8) is 0 Å². The molecule has 2 heterocycles. The van der Waals surface area contributed by atoms with E-state index < -0.39 is 0 Å². The topological polar surface area (TPSA) is 90.6 Å². The molecule has 4 rings (SSSR count). The molecule has 1 aromatic heterocycles. The Balaban J connectivity index is 1.65. The Morgan fingerprint density at radius 2 is 1.97 bits per heavy atom. The highest BCUT2D eigenvalue weighted by atomic mass is 35.5. The summed E-state index contributed by atoms with van der Waals surface area (Å²) in [6.45, 7) is 4.94. The third kappa shape index (κ3) is 4.06. The highest BCUT2D eigenvalue weighted by molar-refractivity contribution is 6.34. The molecule has 1 saturated heterocycles. The van der Waals surface area contributed by atoms with Crippen LogP contribution in [0.15, 0.2) is 47.0 Å². The summed E-state index contributed by atoms with van der Waals surface area (Å²) in [7, 11) is 0. The van der Waals surface area contributed by atoms with E-state index in [0.29, 0.717) is 27.6 Å². The molecule has 0 unspecified atom stereocenters. The van der Waals surface area contributed by atoms with E-state index >= 15 is 0 Å². The van der Waals surface area contributed by atoms with Gasteiger partial charge in [-0.2, -0.15) is 0 Å². The van der Waals surface area contributed by atoms with Crippen molar-refractivity contribution in [2.75, 3.05) is 36.4 Å². The summed E-state index contributed by atoms with van der Waals surface area (Å²) in [5.74, 6) is 1.14. The van der Waals surface area contributed by atoms with Crippen molar-refractivity contribution in [2.24, 2.45) is 0 Å². The number of phenols is 1. The van der Waals surface area contributed by atoms with Crippen LogP contribution in [0.1, 0.15) is 6.92 Å². The van der Waals surface area contributed by atoms with Gasteiger partial charge in [-0.15, -0.1) is 0 Å². The molecule has 3 aromatic rings. The van der Waals surface area contributed by atoms with E-state index in [4.69, 9.17) is 16.1 Å². The lowest BCUT2D eigenvalue weighted by Gasteiger charge is -2.26. The van der Waals surface area contributed by atoms with Gasteiger partial charge in [0.05, 0.1) is 16.3 Å². The SMILES string of the molecule is CC(=O)Nc1ccc(-c2cccc(-c3cc(N4CCNCC4)no3)c2O)cc1Cl. The molecule has 0 atom stereocenters. The minimum absolute atomic E-state index is 0.0823. The van der Waals surface area contributed by atoms with Crippen LogP contribution >= 0.6 is 11.6 Å². The molecule has 7 nitrogen and oxygen atoms in total. The quantitative estimate of drug-likeness (QED) is 0.604. The maximum absolute atomic E-state index is 11.3. The average molecular weight is 413 g/mol. The van der Waals surface area contributed by atoms with Crippen molar-refractivity contribution in [2.45, 2.75) is 6.92 Å². The van der Waals surface area contributed by atoms with E-state index in [1.54, 1.807) is 30.3 Å². The van der Waals surface area contributed by atoms with Crippen molar-refractivity contribution < 1.29 is 14.4 Å². The van der Waals surface area contributed by atoms with E-state index in [0.717, 1.165) is 37.6 Å². The lowest BCUT2D eigenvalue weighted by molar-refractivity contribution is -0.114. The Hall–Kier alpha value is -3.03. The Morgan fingerprint density at radius 1 is 1.21 bits per heavy atom. The van der Waals surface area contributed by atoms with Gasteiger partial charge in [-0.1, -0.05) is 35.0 Å². The lowest BCUT2D eigenvalue weighted by Crippen LogP contribution is -2.43. The summed E-state index contributed by atoms with van der Waals surface area (Å²) in [6, 6.07) is 12.5. The Bertz CT molecular complexity index is 1040. The van der Waals surface area contributed by atoms with Gasteiger partial charge < -0.3 is 25.2 Å². The standard InChI is InChI=1S/C21H21ClN4O3/c1-13(27)24-18-6-5-14(11-17(18)22)15-3-2-4-16(21(15)28)19-12-20(25-29-19)26-9-7-23-8-10-26/h2-6,11-12,23,28H,7-10H2,1H3,(H,24,27). The molecule has 3 N–H and O–H groups in total. The summed E-state index contributed by atoms with van der Waals surface area (Å²) < 4.78 is 5.52. The van der Waals surface area contributed by atoms with Gasteiger partial charge in [0.2, 0.25) is 5.91 Å². The monoisotopic (exact) mass is 412 g/mol. The normalized spacial score (nSPS) is 14.1. The third-order valence-electron chi connectivity index (χ3n) is 4.83. The van der Waals surface area contributed by atoms with Gasteiger partial charge in [0.15, 0.2) is 11.6 Å². The van der Waals surface area contributed by atoms with Crippen LogP contribution in [0.4, 0.5) is 11.5 Å². The number of carbonyl (C=O) groups excluding carboxylic acids is 1. The number of halogens is 1.